The van der Waals surface area contributed by atoms with Crippen molar-refractivity contribution in [3.05, 3.63) is 15.9 Å². The van der Waals surface area contributed by atoms with Gasteiger partial charge in [0.05, 0.1) is 0 Å². The molecule has 0 unspecified atom stereocenters. The molecule has 1 aromatic rings. The lowest BCUT2D eigenvalue weighted by Gasteiger charge is -2.05. The second-order valence-corrected chi connectivity index (χ2v) is 6.17. The zero-order valence-corrected chi connectivity index (χ0v) is 10.2. The van der Waals surface area contributed by atoms with Gasteiger partial charge in [-0.05, 0) is 18.8 Å². The minimum absolute atomic E-state index is 0.151. The van der Waals surface area contributed by atoms with Crippen LogP contribution in [0.5, 0.6) is 0 Å². The van der Waals surface area contributed by atoms with Gasteiger partial charge in [0.2, 0.25) is 15.0 Å². The first-order valence-electron chi connectivity index (χ1n) is 4.32. The third kappa shape index (κ3) is 2.24. The molecule has 82 valence electrons. The summed E-state index contributed by atoms with van der Waals surface area (Å²) in [7, 11) is -3.46. The summed E-state index contributed by atoms with van der Waals surface area (Å²) in [5, 5.41) is -0.0160. The molecule has 4 nitrogen and oxygen atoms in total. The summed E-state index contributed by atoms with van der Waals surface area (Å²) in [5.74, 6) is 0.290. The Balaban J connectivity index is 2.57. The molecule has 15 heavy (non-hydrogen) atoms. The summed E-state index contributed by atoms with van der Waals surface area (Å²) in [6, 6.07) is 0. The molecule has 0 aromatic carbocycles. The Morgan fingerprint density at radius 3 is 2.00 bits per heavy atom. The molecular weight excluding hydrogens is 259 g/mol. The summed E-state index contributed by atoms with van der Waals surface area (Å²) >= 11 is 11.8. The van der Waals surface area contributed by atoms with E-state index in [0.29, 0.717) is 11.5 Å². The van der Waals surface area contributed by atoms with Crippen LogP contribution in [0.1, 0.15) is 24.3 Å². The molecule has 0 radical (unpaired) electrons. The molecule has 1 aliphatic rings. The van der Waals surface area contributed by atoms with Crippen molar-refractivity contribution in [3.8, 4) is 0 Å². The van der Waals surface area contributed by atoms with Crippen LogP contribution in [0.4, 0.5) is 0 Å². The molecule has 0 bridgehead atoms. The van der Waals surface area contributed by atoms with Crippen LogP contribution in [0.3, 0.4) is 0 Å². The van der Waals surface area contributed by atoms with Crippen LogP contribution < -0.4 is 0 Å². The minimum Gasteiger partial charge on any atom is -0.221 e. The Morgan fingerprint density at radius 1 is 1.20 bits per heavy atom. The number of halogens is 2. The highest BCUT2D eigenvalue weighted by Crippen LogP contribution is 2.45. The standard InChI is InChI=1S/C8H8Cl2N2O2S/c1-15(13,14)8-11-6(9)5(4-2-3-4)7(10)12-8/h4H,2-3H2,1H3. The number of rotatable bonds is 2. The van der Waals surface area contributed by atoms with Crippen LogP contribution in [0.2, 0.25) is 10.3 Å². The van der Waals surface area contributed by atoms with Crippen molar-refractivity contribution in [3.63, 3.8) is 0 Å². The van der Waals surface area contributed by atoms with Gasteiger partial charge in [-0.3, -0.25) is 0 Å². The third-order valence-electron chi connectivity index (χ3n) is 2.15. The number of hydrogen-bond donors (Lipinski definition) is 0. The summed E-state index contributed by atoms with van der Waals surface area (Å²) in [5.41, 5.74) is 0.672. The summed E-state index contributed by atoms with van der Waals surface area (Å²) in [4.78, 5) is 7.50. The van der Waals surface area contributed by atoms with E-state index in [4.69, 9.17) is 23.2 Å². The Labute approximate surface area is 97.6 Å². The van der Waals surface area contributed by atoms with Crippen LogP contribution >= 0.6 is 23.2 Å². The minimum atomic E-state index is -3.46. The fourth-order valence-corrected chi connectivity index (χ4v) is 2.58. The lowest BCUT2D eigenvalue weighted by molar-refractivity contribution is 0.592. The Hall–Kier alpha value is -0.390. The molecule has 0 atom stereocenters. The maximum Gasteiger partial charge on any atom is 0.249 e. The SMILES string of the molecule is CS(=O)(=O)c1nc(Cl)c(C2CC2)c(Cl)n1. The van der Waals surface area contributed by atoms with Gasteiger partial charge in [-0.25, -0.2) is 18.4 Å². The predicted octanol–water partition coefficient (Wildman–Crippen LogP) is 2.06. The van der Waals surface area contributed by atoms with Crippen molar-refractivity contribution in [2.45, 2.75) is 23.9 Å². The molecule has 1 fully saturated rings. The second kappa shape index (κ2) is 3.57. The average molecular weight is 267 g/mol. The summed E-state index contributed by atoms with van der Waals surface area (Å²) < 4.78 is 22.4. The van der Waals surface area contributed by atoms with Crippen molar-refractivity contribution in [1.82, 2.24) is 9.97 Å². The van der Waals surface area contributed by atoms with Gasteiger partial charge in [-0.1, -0.05) is 23.2 Å². The first kappa shape index (κ1) is 11.1. The van der Waals surface area contributed by atoms with E-state index < -0.39 is 9.84 Å². The Morgan fingerprint density at radius 2 is 1.67 bits per heavy atom. The highest BCUT2D eigenvalue weighted by atomic mass is 35.5. The quantitative estimate of drug-likeness (QED) is 0.608. The molecule has 0 aliphatic heterocycles. The molecule has 1 heterocycles. The second-order valence-electron chi connectivity index (χ2n) is 3.55. The van der Waals surface area contributed by atoms with Gasteiger partial charge in [0.1, 0.15) is 10.3 Å². The largest absolute Gasteiger partial charge is 0.249 e. The highest BCUT2D eigenvalue weighted by Gasteiger charge is 2.31. The fourth-order valence-electron chi connectivity index (χ4n) is 1.27. The van der Waals surface area contributed by atoms with E-state index in [1.807, 2.05) is 0 Å². The lowest BCUT2D eigenvalue weighted by atomic mass is 10.2. The number of nitrogens with zero attached hydrogens (tertiary/aromatic N) is 2. The smallest absolute Gasteiger partial charge is 0.221 e. The third-order valence-corrected chi connectivity index (χ3v) is 3.57. The van der Waals surface area contributed by atoms with Crippen molar-refractivity contribution < 1.29 is 8.42 Å². The summed E-state index contributed by atoms with van der Waals surface area (Å²) in [6.07, 6.45) is 3.02. The van der Waals surface area contributed by atoms with Gasteiger partial charge in [0.15, 0.2) is 0 Å². The first-order chi connectivity index (χ1) is 6.89. The molecule has 0 spiro atoms. The molecule has 1 aromatic heterocycles. The topological polar surface area (TPSA) is 59.9 Å². The highest BCUT2D eigenvalue weighted by molar-refractivity contribution is 7.90. The molecule has 0 saturated heterocycles. The number of sulfone groups is 1. The molecule has 0 amide bonds. The Bertz CT molecular complexity index is 488. The summed E-state index contributed by atoms with van der Waals surface area (Å²) in [6.45, 7) is 0. The van der Waals surface area contributed by atoms with Gasteiger partial charge >= 0.3 is 0 Å². The van der Waals surface area contributed by atoms with Crippen LogP contribution in [0, 0.1) is 0 Å². The van der Waals surface area contributed by atoms with E-state index in [9.17, 15) is 8.42 Å². The van der Waals surface area contributed by atoms with E-state index in [2.05, 4.69) is 9.97 Å². The van der Waals surface area contributed by atoms with Crippen LogP contribution in [-0.4, -0.2) is 24.6 Å². The van der Waals surface area contributed by atoms with Crippen LogP contribution in [-0.2, 0) is 9.84 Å². The van der Waals surface area contributed by atoms with E-state index in [1.54, 1.807) is 0 Å². The predicted molar refractivity (Wildman–Crippen MR) is 57.1 cm³/mol. The van der Waals surface area contributed by atoms with E-state index >= 15 is 0 Å². The zero-order valence-electron chi connectivity index (χ0n) is 7.87. The Kier molecular flexibility index (Phi) is 2.65. The van der Waals surface area contributed by atoms with Gasteiger partial charge in [0.25, 0.3) is 0 Å². The lowest BCUT2D eigenvalue weighted by Crippen LogP contribution is -2.06. The maximum atomic E-state index is 11.2. The van der Waals surface area contributed by atoms with Crippen molar-refractivity contribution >= 4 is 33.0 Å². The molecule has 1 aliphatic carbocycles. The number of hydrogen-bond acceptors (Lipinski definition) is 4. The van der Waals surface area contributed by atoms with Crippen LogP contribution in [0.15, 0.2) is 5.16 Å². The van der Waals surface area contributed by atoms with Crippen molar-refractivity contribution in [1.29, 1.82) is 0 Å². The van der Waals surface area contributed by atoms with Gasteiger partial charge in [-0.2, -0.15) is 0 Å². The van der Waals surface area contributed by atoms with Gasteiger partial charge < -0.3 is 0 Å². The monoisotopic (exact) mass is 266 g/mol. The average Bonchev–Trinajstić information content (AvgIpc) is 2.84. The van der Waals surface area contributed by atoms with Gasteiger partial charge in [-0.15, -0.1) is 0 Å². The molecule has 7 heteroatoms. The van der Waals surface area contributed by atoms with E-state index in [-0.39, 0.29) is 15.5 Å². The van der Waals surface area contributed by atoms with E-state index in [0.717, 1.165) is 19.1 Å². The fraction of sp³-hybridized carbons (Fsp3) is 0.500. The van der Waals surface area contributed by atoms with Crippen molar-refractivity contribution in [2.75, 3.05) is 6.26 Å². The molecule has 2 rings (SSSR count). The first-order valence-corrected chi connectivity index (χ1v) is 6.97. The maximum absolute atomic E-state index is 11.2. The van der Waals surface area contributed by atoms with E-state index in [1.165, 1.54) is 0 Å². The molecule has 0 N–H and O–H groups in total. The number of aromatic nitrogens is 2. The normalized spacial score (nSPS) is 16.7. The molecule has 1 saturated carbocycles. The van der Waals surface area contributed by atoms with Crippen molar-refractivity contribution in [2.24, 2.45) is 0 Å². The van der Waals surface area contributed by atoms with Gasteiger partial charge in [0, 0.05) is 11.8 Å². The van der Waals surface area contributed by atoms with Crippen LogP contribution in [0.25, 0.3) is 0 Å². The zero-order chi connectivity index (χ0) is 11.2. The molecular formula is C8H8Cl2N2O2S.